The van der Waals surface area contributed by atoms with E-state index in [-0.39, 0.29) is 17.4 Å². The van der Waals surface area contributed by atoms with E-state index in [1.165, 1.54) is 18.4 Å². The van der Waals surface area contributed by atoms with Crippen molar-refractivity contribution in [3.63, 3.8) is 0 Å². The SMILES string of the molecule is CC(C)[C@H](N)c1nc(C2(c3ccccc3)CCCC2)no1. The molecule has 1 saturated carbocycles. The summed E-state index contributed by atoms with van der Waals surface area (Å²) >= 11 is 0. The smallest absolute Gasteiger partial charge is 0.243 e. The Bertz CT molecular complexity index is 585. The van der Waals surface area contributed by atoms with E-state index in [1.54, 1.807) is 0 Å². The van der Waals surface area contributed by atoms with Crippen molar-refractivity contribution in [3.05, 3.63) is 47.6 Å². The van der Waals surface area contributed by atoms with Crippen LogP contribution in [0.5, 0.6) is 0 Å². The third-order valence-electron chi connectivity index (χ3n) is 4.66. The molecule has 0 aliphatic heterocycles. The van der Waals surface area contributed by atoms with Crippen LogP contribution in [0.25, 0.3) is 0 Å². The average molecular weight is 285 g/mol. The van der Waals surface area contributed by atoms with Crippen LogP contribution in [0.2, 0.25) is 0 Å². The lowest BCUT2D eigenvalue weighted by molar-refractivity contribution is 0.317. The van der Waals surface area contributed by atoms with Gasteiger partial charge in [-0.05, 0) is 24.3 Å². The number of hydrogen-bond acceptors (Lipinski definition) is 4. The van der Waals surface area contributed by atoms with Gasteiger partial charge in [0.1, 0.15) is 0 Å². The quantitative estimate of drug-likeness (QED) is 0.932. The van der Waals surface area contributed by atoms with Crippen molar-refractivity contribution in [2.45, 2.75) is 51.0 Å². The molecular weight excluding hydrogens is 262 g/mol. The molecule has 1 aliphatic rings. The van der Waals surface area contributed by atoms with Gasteiger partial charge in [0.05, 0.1) is 11.5 Å². The van der Waals surface area contributed by atoms with E-state index in [1.807, 2.05) is 6.07 Å². The largest absolute Gasteiger partial charge is 0.338 e. The first kappa shape index (κ1) is 14.3. The molecule has 1 aliphatic carbocycles. The standard InChI is InChI=1S/C17H23N3O/c1-12(2)14(18)15-19-16(20-21-15)17(10-6-7-11-17)13-8-4-3-5-9-13/h3-5,8-9,12,14H,6-7,10-11,18H2,1-2H3/t14-/m0/s1. The Morgan fingerprint density at radius 3 is 2.43 bits per heavy atom. The lowest BCUT2D eigenvalue weighted by Crippen LogP contribution is -2.26. The van der Waals surface area contributed by atoms with Gasteiger partial charge in [0.2, 0.25) is 5.89 Å². The summed E-state index contributed by atoms with van der Waals surface area (Å²) in [6, 6.07) is 10.4. The van der Waals surface area contributed by atoms with Crippen molar-refractivity contribution in [2.24, 2.45) is 11.7 Å². The Hall–Kier alpha value is -1.68. The van der Waals surface area contributed by atoms with Crippen LogP contribution in [0, 0.1) is 5.92 Å². The van der Waals surface area contributed by atoms with Crippen molar-refractivity contribution in [1.82, 2.24) is 10.1 Å². The van der Waals surface area contributed by atoms with Gasteiger partial charge in [-0.25, -0.2) is 0 Å². The van der Waals surface area contributed by atoms with Gasteiger partial charge in [0.25, 0.3) is 0 Å². The van der Waals surface area contributed by atoms with E-state index < -0.39 is 0 Å². The highest BCUT2D eigenvalue weighted by Crippen LogP contribution is 2.45. The fraction of sp³-hybridized carbons (Fsp3) is 0.529. The molecule has 1 aromatic carbocycles. The van der Waals surface area contributed by atoms with Gasteiger partial charge in [-0.2, -0.15) is 4.98 Å². The molecule has 1 atom stereocenters. The monoisotopic (exact) mass is 285 g/mol. The van der Waals surface area contributed by atoms with Crippen LogP contribution in [-0.4, -0.2) is 10.1 Å². The fourth-order valence-electron chi connectivity index (χ4n) is 3.23. The van der Waals surface area contributed by atoms with Gasteiger partial charge in [0, 0.05) is 0 Å². The third kappa shape index (κ3) is 2.48. The van der Waals surface area contributed by atoms with Crippen LogP contribution in [0.4, 0.5) is 0 Å². The molecule has 3 rings (SSSR count). The fourth-order valence-corrected chi connectivity index (χ4v) is 3.23. The van der Waals surface area contributed by atoms with E-state index in [2.05, 4.69) is 48.3 Å². The van der Waals surface area contributed by atoms with Gasteiger partial charge in [0.15, 0.2) is 5.82 Å². The summed E-state index contributed by atoms with van der Waals surface area (Å²) in [5, 5.41) is 4.28. The van der Waals surface area contributed by atoms with Crippen molar-refractivity contribution < 1.29 is 4.52 Å². The summed E-state index contributed by atoms with van der Waals surface area (Å²) in [4.78, 5) is 4.66. The minimum Gasteiger partial charge on any atom is -0.338 e. The maximum atomic E-state index is 6.14. The van der Waals surface area contributed by atoms with Crippen molar-refractivity contribution >= 4 is 0 Å². The molecule has 0 amide bonds. The Kier molecular flexibility index (Phi) is 3.81. The molecule has 0 radical (unpaired) electrons. The molecule has 2 N–H and O–H groups in total. The number of hydrogen-bond donors (Lipinski definition) is 1. The second kappa shape index (κ2) is 5.60. The summed E-state index contributed by atoms with van der Waals surface area (Å²) in [5.74, 6) is 1.65. The van der Waals surface area contributed by atoms with Gasteiger partial charge < -0.3 is 10.3 Å². The molecule has 1 aromatic heterocycles. The number of nitrogens with zero attached hydrogens (tertiary/aromatic N) is 2. The molecule has 21 heavy (non-hydrogen) atoms. The zero-order valence-corrected chi connectivity index (χ0v) is 12.7. The zero-order valence-electron chi connectivity index (χ0n) is 12.7. The normalized spacial score (nSPS) is 19.0. The maximum Gasteiger partial charge on any atom is 0.243 e. The Morgan fingerprint density at radius 1 is 1.14 bits per heavy atom. The summed E-state index contributed by atoms with van der Waals surface area (Å²) in [5.41, 5.74) is 7.32. The topological polar surface area (TPSA) is 64.9 Å². The van der Waals surface area contributed by atoms with E-state index in [4.69, 9.17) is 10.3 Å². The van der Waals surface area contributed by atoms with E-state index >= 15 is 0 Å². The predicted octanol–water partition coefficient (Wildman–Crippen LogP) is 3.59. The van der Waals surface area contributed by atoms with Crippen LogP contribution in [0.3, 0.4) is 0 Å². The zero-order chi connectivity index (χ0) is 14.9. The first-order valence-electron chi connectivity index (χ1n) is 7.79. The molecule has 1 fully saturated rings. The minimum atomic E-state index is -0.194. The predicted molar refractivity (Wildman–Crippen MR) is 81.8 cm³/mol. The highest BCUT2D eigenvalue weighted by Gasteiger charge is 2.41. The summed E-state index contributed by atoms with van der Waals surface area (Å²) < 4.78 is 5.46. The van der Waals surface area contributed by atoms with Gasteiger partial charge >= 0.3 is 0 Å². The van der Waals surface area contributed by atoms with Crippen molar-refractivity contribution in [2.75, 3.05) is 0 Å². The van der Waals surface area contributed by atoms with Gasteiger partial charge in [-0.1, -0.05) is 62.2 Å². The molecule has 0 bridgehead atoms. The van der Waals surface area contributed by atoms with Crippen molar-refractivity contribution in [3.8, 4) is 0 Å². The van der Waals surface area contributed by atoms with Crippen LogP contribution < -0.4 is 5.73 Å². The molecule has 2 aromatic rings. The number of benzene rings is 1. The molecule has 4 nitrogen and oxygen atoms in total. The van der Waals surface area contributed by atoms with E-state index in [0.29, 0.717) is 5.89 Å². The molecule has 0 unspecified atom stereocenters. The minimum absolute atomic E-state index is 0.0975. The third-order valence-corrected chi connectivity index (χ3v) is 4.66. The number of rotatable bonds is 4. The maximum absolute atomic E-state index is 6.14. The Balaban J connectivity index is 1.99. The first-order valence-corrected chi connectivity index (χ1v) is 7.79. The number of nitrogens with two attached hydrogens (primary N) is 1. The summed E-state index contributed by atoms with van der Waals surface area (Å²) in [7, 11) is 0. The van der Waals surface area contributed by atoms with Gasteiger partial charge in [-0.15, -0.1) is 0 Å². The molecule has 0 spiro atoms. The van der Waals surface area contributed by atoms with Crippen LogP contribution in [0.1, 0.15) is 62.9 Å². The lowest BCUT2D eigenvalue weighted by Gasteiger charge is -2.25. The van der Waals surface area contributed by atoms with E-state index in [0.717, 1.165) is 18.7 Å². The van der Waals surface area contributed by atoms with Gasteiger partial charge in [-0.3, -0.25) is 0 Å². The Morgan fingerprint density at radius 2 is 1.81 bits per heavy atom. The highest BCUT2D eigenvalue weighted by atomic mass is 16.5. The second-order valence-corrected chi connectivity index (χ2v) is 6.38. The first-order chi connectivity index (χ1) is 10.1. The van der Waals surface area contributed by atoms with E-state index in [9.17, 15) is 0 Å². The Labute approximate surface area is 125 Å². The highest BCUT2D eigenvalue weighted by molar-refractivity contribution is 5.33. The van der Waals surface area contributed by atoms with Crippen LogP contribution in [-0.2, 0) is 5.41 Å². The molecule has 112 valence electrons. The molecule has 1 heterocycles. The van der Waals surface area contributed by atoms with Crippen LogP contribution >= 0.6 is 0 Å². The summed E-state index contributed by atoms with van der Waals surface area (Å²) in [6.07, 6.45) is 4.56. The molecule has 4 heteroatoms. The summed E-state index contributed by atoms with van der Waals surface area (Å²) in [6.45, 7) is 4.13. The lowest BCUT2D eigenvalue weighted by atomic mass is 9.78. The molecule has 0 saturated heterocycles. The van der Waals surface area contributed by atoms with Crippen LogP contribution in [0.15, 0.2) is 34.9 Å². The van der Waals surface area contributed by atoms with Crippen molar-refractivity contribution in [1.29, 1.82) is 0 Å². The average Bonchev–Trinajstić information content (AvgIpc) is 3.17. The second-order valence-electron chi connectivity index (χ2n) is 6.38. The number of aromatic nitrogens is 2. The molecular formula is C17H23N3O.